The molecule has 17 heavy (non-hydrogen) atoms. The highest BCUT2D eigenvalue weighted by atomic mass is 19.2. The van der Waals surface area contributed by atoms with E-state index in [0.29, 0.717) is 5.69 Å². The third-order valence-electron chi connectivity index (χ3n) is 2.11. The van der Waals surface area contributed by atoms with Gasteiger partial charge in [0, 0.05) is 12.4 Å². The zero-order valence-corrected chi connectivity index (χ0v) is 8.62. The molecule has 0 radical (unpaired) electrons. The summed E-state index contributed by atoms with van der Waals surface area (Å²) in [6.45, 7) is 0.176. The summed E-state index contributed by atoms with van der Waals surface area (Å²) >= 11 is 0. The fourth-order valence-corrected chi connectivity index (χ4v) is 1.27. The van der Waals surface area contributed by atoms with Crippen LogP contribution in [-0.2, 0) is 6.54 Å². The van der Waals surface area contributed by atoms with E-state index in [9.17, 15) is 13.2 Å². The van der Waals surface area contributed by atoms with Gasteiger partial charge in [-0.25, -0.2) is 13.2 Å². The number of rotatable bonds is 3. The Morgan fingerprint density at radius 3 is 2.59 bits per heavy atom. The molecular weight excluding hydrogens is 231 g/mol. The number of nitrogens with zero attached hydrogens (tertiary/aromatic N) is 2. The van der Waals surface area contributed by atoms with Gasteiger partial charge in [-0.15, -0.1) is 0 Å². The van der Waals surface area contributed by atoms with Gasteiger partial charge in [0.2, 0.25) is 0 Å². The summed E-state index contributed by atoms with van der Waals surface area (Å²) in [5, 5.41) is 2.61. The Morgan fingerprint density at radius 2 is 1.88 bits per heavy atom. The molecule has 0 aliphatic heterocycles. The van der Waals surface area contributed by atoms with Gasteiger partial charge in [0.15, 0.2) is 17.5 Å². The first-order valence-corrected chi connectivity index (χ1v) is 4.80. The van der Waals surface area contributed by atoms with Crippen LogP contribution in [0.25, 0.3) is 0 Å². The van der Waals surface area contributed by atoms with E-state index < -0.39 is 17.5 Å². The summed E-state index contributed by atoms with van der Waals surface area (Å²) in [6, 6.07) is 1.99. The Hall–Kier alpha value is -2.11. The van der Waals surface area contributed by atoms with Gasteiger partial charge < -0.3 is 5.32 Å². The SMILES string of the molecule is Fc1ccc(NCc2cnccn2)c(F)c1F. The fourth-order valence-electron chi connectivity index (χ4n) is 1.27. The molecule has 3 nitrogen and oxygen atoms in total. The Balaban J connectivity index is 2.13. The van der Waals surface area contributed by atoms with E-state index in [0.717, 1.165) is 12.1 Å². The number of hydrogen-bond donors (Lipinski definition) is 1. The van der Waals surface area contributed by atoms with Crippen molar-refractivity contribution in [3.05, 3.63) is 53.9 Å². The lowest BCUT2D eigenvalue weighted by Gasteiger charge is -2.07. The van der Waals surface area contributed by atoms with Gasteiger partial charge in [-0.1, -0.05) is 0 Å². The molecule has 0 aliphatic rings. The average molecular weight is 239 g/mol. The minimum atomic E-state index is -1.49. The van der Waals surface area contributed by atoms with Crippen molar-refractivity contribution in [1.82, 2.24) is 9.97 Å². The maximum Gasteiger partial charge on any atom is 0.196 e. The number of halogens is 3. The van der Waals surface area contributed by atoms with E-state index in [2.05, 4.69) is 15.3 Å². The molecule has 0 bridgehead atoms. The minimum absolute atomic E-state index is 0.116. The van der Waals surface area contributed by atoms with Crippen LogP contribution in [0, 0.1) is 17.5 Å². The zero-order chi connectivity index (χ0) is 12.3. The van der Waals surface area contributed by atoms with Gasteiger partial charge in [0.25, 0.3) is 0 Å². The van der Waals surface area contributed by atoms with Crippen LogP contribution in [0.5, 0.6) is 0 Å². The van der Waals surface area contributed by atoms with E-state index >= 15 is 0 Å². The van der Waals surface area contributed by atoms with Crippen molar-refractivity contribution in [2.24, 2.45) is 0 Å². The van der Waals surface area contributed by atoms with Gasteiger partial charge in [0.1, 0.15) is 0 Å². The second-order valence-corrected chi connectivity index (χ2v) is 3.27. The third-order valence-corrected chi connectivity index (χ3v) is 2.11. The largest absolute Gasteiger partial charge is 0.377 e. The minimum Gasteiger partial charge on any atom is -0.377 e. The highest BCUT2D eigenvalue weighted by molar-refractivity contribution is 5.45. The topological polar surface area (TPSA) is 37.8 Å². The number of benzene rings is 1. The van der Waals surface area contributed by atoms with Crippen LogP contribution in [0.3, 0.4) is 0 Å². The summed E-state index contributed by atoms with van der Waals surface area (Å²) < 4.78 is 38.8. The number of anilines is 1. The molecule has 0 atom stereocenters. The standard InChI is InChI=1S/C11H8F3N3/c12-8-1-2-9(11(14)10(8)13)17-6-7-5-15-3-4-16-7/h1-5,17H,6H2. The van der Waals surface area contributed by atoms with Crippen LogP contribution in [0.15, 0.2) is 30.7 Å². The summed E-state index contributed by atoms with van der Waals surface area (Å²) in [5.41, 5.74) is 0.450. The molecule has 0 spiro atoms. The molecule has 6 heteroatoms. The van der Waals surface area contributed by atoms with Crippen LogP contribution < -0.4 is 5.32 Å². The normalized spacial score (nSPS) is 10.3. The quantitative estimate of drug-likeness (QED) is 0.836. The first kappa shape index (κ1) is 11.4. The summed E-state index contributed by atoms with van der Waals surface area (Å²) in [7, 11) is 0. The van der Waals surface area contributed by atoms with E-state index in [1.807, 2.05) is 0 Å². The lowest BCUT2D eigenvalue weighted by Crippen LogP contribution is -2.05. The maximum absolute atomic E-state index is 13.3. The molecule has 1 heterocycles. The first-order valence-electron chi connectivity index (χ1n) is 4.80. The smallest absolute Gasteiger partial charge is 0.196 e. The fraction of sp³-hybridized carbons (Fsp3) is 0.0909. The predicted molar refractivity (Wildman–Crippen MR) is 55.7 cm³/mol. The second kappa shape index (κ2) is 4.82. The van der Waals surface area contributed by atoms with Gasteiger partial charge >= 0.3 is 0 Å². The average Bonchev–Trinajstić information content (AvgIpc) is 2.36. The van der Waals surface area contributed by atoms with Crippen molar-refractivity contribution in [1.29, 1.82) is 0 Å². The molecule has 1 N–H and O–H groups in total. The van der Waals surface area contributed by atoms with E-state index in [-0.39, 0.29) is 12.2 Å². The van der Waals surface area contributed by atoms with E-state index in [4.69, 9.17) is 0 Å². The molecule has 0 aliphatic carbocycles. The van der Waals surface area contributed by atoms with E-state index in [1.165, 1.54) is 18.6 Å². The number of aromatic nitrogens is 2. The molecule has 0 unspecified atom stereocenters. The Labute approximate surface area is 95.3 Å². The van der Waals surface area contributed by atoms with Crippen molar-refractivity contribution in [3.63, 3.8) is 0 Å². The van der Waals surface area contributed by atoms with Gasteiger partial charge in [-0.3, -0.25) is 9.97 Å². The van der Waals surface area contributed by atoms with Crippen LogP contribution in [0.1, 0.15) is 5.69 Å². The molecule has 1 aromatic heterocycles. The molecule has 2 aromatic rings. The Kier molecular flexibility index (Phi) is 3.22. The highest BCUT2D eigenvalue weighted by Crippen LogP contribution is 2.19. The van der Waals surface area contributed by atoms with Crippen molar-refractivity contribution in [3.8, 4) is 0 Å². The summed E-state index contributed by atoms with van der Waals surface area (Å²) in [4.78, 5) is 7.77. The molecule has 0 saturated carbocycles. The maximum atomic E-state index is 13.3. The van der Waals surface area contributed by atoms with Crippen molar-refractivity contribution >= 4 is 5.69 Å². The lowest BCUT2D eigenvalue weighted by molar-refractivity contribution is 0.449. The van der Waals surface area contributed by atoms with E-state index in [1.54, 1.807) is 0 Å². The van der Waals surface area contributed by atoms with Crippen LogP contribution in [0.2, 0.25) is 0 Å². The zero-order valence-electron chi connectivity index (χ0n) is 8.62. The van der Waals surface area contributed by atoms with Crippen molar-refractivity contribution in [2.75, 3.05) is 5.32 Å². The molecule has 0 saturated heterocycles. The number of hydrogen-bond acceptors (Lipinski definition) is 3. The van der Waals surface area contributed by atoms with Gasteiger partial charge in [0.05, 0.1) is 24.1 Å². The van der Waals surface area contributed by atoms with Crippen molar-refractivity contribution < 1.29 is 13.2 Å². The number of nitrogens with one attached hydrogen (secondary N) is 1. The lowest BCUT2D eigenvalue weighted by atomic mass is 10.2. The van der Waals surface area contributed by atoms with Crippen LogP contribution >= 0.6 is 0 Å². The van der Waals surface area contributed by atoms with Crippen LogP contribution in [-0.4, -0.2) is 9.97 Å². The Morgan fingerprint density at radius 1 is 1.06 bits per heavy atom. The molecule has 2 rings (SSSR count). The highest BCUT2D eigenvalue weighted by Gasteiger charge is 2.12. The monoisotopic (exact) mass is 239 g/mol. The van der Waals surface area contributed by atoms with Crippen LogP contribution in [0.4, 0.5) is 18.9 Å². The van der Waals surface area contributed by atoms with Gasteiger partial charge in [-0.05, 0) is 12.1 Å². The Bertz CT molecular complexity index is 517. The second-order valence-electron chi connectivity index (χ2n) is 3.27. The first-order chi connectivity index (χ1) is 8.18. The van der Waals surface area contributed by atoms with Gasteiger partial charge in [-0.2, -0.15) is 0 Å². The van der Waals surface area contributed by atoms with Crippen molar-refractivity contribution in [2.45, 2.75) is 6.54 Å². The summed E-state index contributed by atoms with van der Waals surface area (Å²) in [5.74, 6) is -3.95. The molecule has 88 valence electrons. The summed E-state index contributed by atoms with van der Waals surface area (Å²) in [6.07, 6.45) is 4.48. The third kappa shape index (κ3) is 2.52. The molecule has 0 amide bonds. The predicted octanol–water partition coefficient (Wildman–Crippen LogP) is 2.51. The molecular formula is C11H8F3N3. The molecule has 1 aromatic carbocycles. The molecule has 0 fully saturated rings.